The molecule has 0 aromatic carbocycles. The SMILES string of the molecule is CC1CCN(CCCCC#N)CC1O. The molecular formula is C11H20N2O. The first-order chi connectivity index (χ1) is 6.74. The lowest BCUT2D eigenvalue weighted by atomic mass is 9.96. The Morgan fingerprint density at radius 3 is 2.93 bits per heavy atom. The number of likely N-dealkylation sites (tertiary alicyclic amines) is 1. The van der Waals surface area contributed by atoms with Crippen LogP contribution in [0.3, 0.4) is 0 Å². The summed E-state index contributed by atoms with van der Waals surface area (Å²) in [5, 5.41) is 18.0. The van der Waals surface area contributed by atoms with Crippen molar-refractivity contribution in [3.05, 3.63) is 0 Å². The molecule has 0 radical (unpaired) electrons. The van der Waals surface area contributed by atoms with Crippen LogP contribution in [0.1, 0.15) is 32.6 Å². The van der Waals surface area contributed by atoms with Gasteiger partial charge in [0.15, 0.2) is 0 Å². The van der Waals surface area contributed by atoms with E-state index in [1.54, 1.807) is 0 Å². The van der Waals surface area contributed by atoms with Gasteiger partial charge in [-0.1, -0.05) is 6.92 Å². The normalized spacial score (nSPS) is 28.6. The van der Waals surface area contributed by atoms with Crippen LogP contribution in [-0.4, -0.2) is 35.7 Å². The Morgan fingerprint density at radius 2 is 2.29 bits per heavy atom. The number of aliphatic hydroxyl groups excluding tert-OH is 1. The second-order valence-corrected chi connectivity index (χ2v) is 4.25. The van der Waals surface area contributed by atoms with Crippen molar-refractivity contribution in [2.24, 2.45) is 5.92 Å². The number of nitriles is 1. The summed E-state index contributed by atoms with van der Waals surface area (Å²) in [6.45, 7) is 5.06. The Hall–Kier alpha value is -0.590. The number of β-amino-alcohol motifs (C(OH)–C–C–N with tert-alkyl or cyclic N) is 1. The van der Waals surface area contributed by atoms with E-state index in [0.29, 0.717) is 12.3 Å². The van der Waals surface area contributed by atoms with E-state index >= 15 is 0 Å². The van der Waals surface area contributed by atoms with E-state index in [1.165, 1.54) is 0 Å². The molecule has 2 unspecified atom stereocenters. The van der Waals surface area contributed by atoms with Crippen LogP contribution in [-0.2, 0) is 0 Å². The van der Waals surface area contributed by atoms with Crippen molar-refractivity contribution in [2.75, 3.05) is 19.6 Å². The highest BCUT2D eigenvalue weighted by atomic mass is 16.3. The highest BCUT2D eigenvalue weighted by Gasteiger charge is 2.23. The van der Waals surface area contributed by atoms with Gasteiger partial charge in [0, 0.05) is 13.0 Å². The average molecular weight is 196 g/mol. The number of hydrogen-bond donors (Lipinski definition) is 1. The Bertz CT molecular complexity index is 200. The van der Waals surface area contributed by atoms with E-state index in [0.717, 1.165) is 38.9 Å². The van der Waals surface area contributed by atoms with Gasteiger partial charge in [-0.15, -0.1) is 0 Å². The van der Waals surface area contributed by atoms with Crippen LogP contribution in [0, 0.1) is 17.2 Å². The lowest BCUT2D eigenvalue weighted by molar-refractivity contribution is 0.0287. The average Bonchev–Trinajstić information content (AvgIpc) is 2.18. The Balaban J connectivity index is 2.11. The van der Waals surface area contributed by atoms with Crippen molar-refractivity contribution >= 4 is 0 Å². The lowest BCUT2D eigenvalue weighted by Crippen LogP contribution is -2.43. The van der Waals surface area contributed by atoms with Gasteiger partial charge in [0.1, 0.15) is 0 Å². The molecule has 2 atom stereocenters. The Kier molecular flexibility index (Phi) is 4.92. The summed E-state index contributed by atoms with van der Waals surface area (Å²) in [5.74, 6) is 0.449. The standard InChI is InChI=1S/C11H20N2O/c1-10-5-8-13(9-11(10)14)7-4-2-3-6-12/h10-11,14H,2-5,7-9H2,1H3. The topological polar surface area (TPSA) is 47.3 Å². The molecule has 1 fully saturated rings. The molecule has 1 saturated heterocycles. The van der Waals surface area contributed by atoms with Gasteiger partial charge in [0.2, 0.25) is 0 Å². The lowest BCUT2D eigenvalue weighted by Gasteiger charge is -2.34. The highest BCUT2D eigenvalue weighted by Crippen LogP contribution is 2.17. The molecule has 0 aromatic heterocycles. The first-order valence-corrected chi connectivity index (χ1v) is 5.51. The van der Waals surface area contributed by atoms with Gasteiger partial charge in [0.25, 0.3) is 0 Å². The van der Waals surface area contributed by atoms with Crippen LogP contribution in [0.25, 0.3) is 0 Å². The summed E-state index contributed by atoms with van der Waals surface area (Å²) in [4.78, 5) is 2.31. The molecule has 0 saturated carbocycles. The molecule has 0 aromatic rings. The van der Waals surface area contributed by atoms with Crippen molar-refractivity contribution in [3.63, 3.8) is 0 Å². The van der Waals surface area contributed by atoms with Crippen LogP contribution in [0.5, 0.6) is 0 Å². The fourth-order valence-electron chi connectivity index (χ4n) is 1.86. The van der Waals surface area contributed by atoms with Crippen molar-refractivity contribution < 1.29 is 5.11 Å². The highest BCUT2D eigenvalue weighted by molar-refractivity contribution is 4.77. The second kappa shape index (κ2) is 6.00. The maximum Gasteiger partial charge on any atom is 0.0693 e. The van der Waals surface area contributed by atoms with Crippen LogP contribution in [0.2, 0.25) is 0 Å². The van der Waals surface area contributed by atoms with Crippen LogP contribution >= 0.6 is 0 Å². The summed E-state index contributed by atoms with van der Waals surface area (Å²) in [7, 11) is 0. The molecule has 1 N–H and O–H groups in total. The number of piperidine rings is 1. The maximum atomic E-state index is 9.66. The zero-order valence-corrected chi connectivity index (χ0v) is 8.95. The fourth-order valence-corrected chi connectivity index (χ4v) is 1.86. The van der Waals surface area contributed by atoms with E-state index in [9.17, 15) is 5.11 Å². The minimum Gasteiger partial charge on any atom is -0.392 e. The largest absolute Gasteiger partial charge is 0.392 e. The Labute approximate surface area is 86.3 Å². The third-order valence-electron chi connectivity index (χ3n) is 3.02. The zero-order valence-electron chi connectivity index (χ0n) is 8.95. The quantitative estimate of drug-likeness (QED) is 0.691. The molecule has 0 aliphatic carbocycles. The first kappa shape index (κ1) is 11.5. The van der Waals surface area contributed by atoms with Crippen LogP contribution in [0.15, 0.2) is 0 Å². The minimum atomic E-state index is -0.153. The molecule has 1 aliphatic heterocycles. The molecule has 14 heavy (non-hydrogen) atoms. The number of unbranched alkanes of at least 4 members (excludes halogenated alkanes) is 2. The molecule has 80 valence electrons. The molecule has 1 rings (SSSR count). The van der Waals surface area contributed by atoms with Gasteiger partial charge < -0.3 is 10.0 Å². The molecule has 3 nitrogen and oxygen atoms in total. The molecule has 0 amide bonds. The minimum absolute atomic E-state index is 0.153. The fraction of sp³-hybridized carbons (Fsp3) is 0.909. The van der Waals surface area contributed by atoms with E-state index in [-0.39, 0.29) is 6.10 Å². The van der Waals surface area contributed by atoms with Crippen LogP contribution < -0.4 is 0 Å². The Morgan fingerprint density at radius 1 is 1.50 bits per heavy atom. The predicted molar refractivity (Wildman–Crippen MR) is 55.7 cm³/mol. The first-order valence-electron chi connectivity index (χ1n) is 5.51. The van der Waals surface area contributed by atoms with Gasteiger partial charge in [-0.05, 0) is 38.3 Å². The van der Waals surface area contributed by atoms with Gasteiger partial charge >= 0.3 is 0 Å². The van der Waals surface area contributed by atoms with Gasteiger partial charge in [-0.25, -0.2) is 0 Å². The molecule has 3 heteroatoms. The van der Waals surface area contributed by atoms with Crippen molar-refractivity contribution in [2.45, 2.75) is 38.7 Å². The zero-order chi connectivity index (χ0) is 10.4. The third kappa shape index (κ3) is 3.65. The molecular weight excluding hydrogens is 176 g/mol. The monoisotopic (exact) mass is 196 g/mol. The molecule has 0 spiro atoms. The van der Waals surface area contributed by atoms with E-state index in [1.807, 2.05) is 0 Å². The summed E-state index contributed by atoms with van der Waals surface area (Å²) in [6, 6.07) is 2.15. The third-order valence-corrected chi connectivity index (χ3v) is 3.02. The van der Waals surface area contributed by atoms with Crippen molar-refractivity contribution in [1.29, 1.82) is 5.26 Å². The van der Waals surface area contributed by atoms with Crippen molar-refractivity contribution in [1.82, 2.24) is 4.90 Å². The second-order valence-electron chi connectivity index (χ2n) is 4.25. The smallest absolute Gasteiger partial charge is 0.0693 e. The number of nitrogens with zero attached hydrogens (tertiary/aromatic N) is 2. The summed E-state index contributed by atoms with van der Waals surface area (Å²) < 4.78 is 0. The number of aliphatic hydroxyl groups is 1. The molecule has 1 aliphatic rings. The molecule has 1 heterocycles. The van der Waals surface area contributed by atoms with E-state index < -0.39 is 0 Å². The summed E-state index contributed by atoms with van der Waals surface area (Å²) in [5.41, 5.74) is 0. The van der Waals surface area contributed by atoms with Crippen LogP contribution in [0.4, 0.5) is 0 Å². The van der Waals surface area contributed by atoms with Gasteiger partial charge in [0.05, 0.1) is 12.2 Å². The number of rotatable bonds is 4. The maximum absolute atomic E-state index is 9.66. The molecule has 0 bridgehead atoms. The van der Waals surface area contributed by atoms with Crippen molar-refractivity contribution in [3.8, 4) is 6.07 Å². The summed E-state index contributed by atoms with van der Waals surface area (Å²) >= 11 is 0. The van der Waals surface area contributed by atoms with Gasteiger partial charge in [-0.2, -0.15) is 5.26 Å². The predicted octanol–water partition coefficient (Wildman–Crippen LogP) is 1.38. The summed E-state index contributed by atoms with van der Waals surface area (Å²) in [6.07, 6.45) is 3.67. The van der Waals surface area contributed by atoms with E-state index in [4.69, 9.17) is 5.26 Å². The van der Waals surface area contributed by atoms with E-state index in [2.05, 4.69) is 17.9 Å². The number of hydrogen-bond acceptors (Lipinski definition) is 3. The van der Waals surface area contributed by atoms with Gasteiger partial charge in [-0.3, -0.25) is 0 Å².